The van der Waals surface area contributed by atoms with Crippen molar-refractivity contribution in [2.45, 2.75) is 0 Å². The van der Waals surface area contributed by atoms with Crippen molar-refractivity contribution < 1.29 is 0 Å². The van der Waals surface area contributed by atoms with E-state index in [0.717, 1.165) is 34.4 Å². The van der Waals surface area contributed by atoms with Crippen molar-refractivity contribution in [2.24, 2.45) is 4.99 Å². The van der Waals surface area contributed by atoms with E-state index < -0.39 is 0 Å². The molecule has 1 N–H and O–H groups in total. The molecule has 3 aromatic rings. The van der Waals surface area contributed by atoms with E-state index in [9.17, 15) is 0 Å². The molecule has 0 bridgehead atoms. The molecule has 1 aromatic heterocycles. The Morgan fingerprint density at radius 1 is 0.920 bits per heavy atom. The van der Waals surface area contributed by atoms with Gasteiger partial charge >= 0.3 is 0 Å². The fraction of sp³-hybridized carbons (Fsp3) is 0.0476. The Morgan fingerprint density at radius 3 is 2.68 bits per heavy atom. The summed E-state index contributed by atoms with van der Waals surface area (Å²) in [6.07, 6.45) is 5.91. The van der Waals surface area contributed by atoms with Crippen LogP contribution in [0.15, 0.2) is 83.9 Å². The fourth-order valence-electron chi connectivity index (χ4n) is 3.37. The second-order valence-corrected chi connectivity index (χ2v) is 6.09. The zero-order valence-corrected chi connectivity index (χ0v) is 13.6. The van der Waals surface area contributed by atoms with Crippen LogP contribution in [-0.4, -0.2) is 22.8 Å². The van der Waals surface area contributed by atoms with E-state index in [1.807, 2.05) is 47.8 Å². The summed E-state index contributed by atoms with van der Waals surface area (Å²) in [6, 6.07) is 20.6. The number of hydrogen-bond acceptors (Lipinski definition) is 4. The minimum atomic E-state index is 0.749. The molecule has 0 unspecified atom stereocenters. The SMILES string of the molecule is C1=NC2=C(c3ccnc4ccccc34)CNN2C=C1c1ccccc1. The highest BCUT2D eigenvalue weighted by atomic mass is 15.6. The Balaban J connectivity index is 1.59. The number of rotatable bonds is 2. The molecule has 0 saturated heterocycles. The van der Waals surface area contributed by atoms with Gasteiger partial charge in [0.1, 0.15) is 0 Å². The second-order valence-electron chi connectivity index (χ2n) is 6.09. The summed E-state index contributed by atoms with van der Waals surface area (Å²) in [6.45, 7) is 0.749. The van der Waals surface area contributed by atoms with E-state index in [2.05, 4.69) is 46.9 Å². The monoisotopic (exact) mass is 324 g/mol. The molecule has 2 aromatic carbocycles. The van der Waals surface area contributed by atoms with Gasteiger partial charge in [0.05, 0.1) is 5.52 Å². The van der Waals surface area contributed by atoms with Gasteiger partial charge in [-0.15, -0.1) is 0 Å². The topological polar surface area (TPSA) is 40.5 Å². The lowest BCUT2D eigenvalue weighted by molar-refractivity contribution is 0.385. The summed E-state index contributed by atoms with van der Waals surface area (Å²) in [4.78, 5) is 9.21. The van der Waals surface area contributed by atoms with Crippen molar-refractivity contribution in [2.75, 3.05) is 6.54 Å². The Bertz CT molecular complexity index is 1040. The van der Waals surface area contributed by atoms with Crippen LogP contribution in [0.25, 0.3) is 22.0 Å². The van der Waals surface area contributed by atoms with E-state index in [0.29, 0.717) is 0 Å². The first-order chi connectivity index (χ1) is 12.4. The van der Waals surface area contributed by atoms with Gasteiger partial charge in [-0.3, -0.25) is 9.99 Å². The first-order valence-electron chi connectivity index (χ1n) is 8.31. The third-order valence-electron chi connectivity index (χ3n) is 4.60. The molecular weight excluding hydrogens is 308 g/mol. The van der Waals surface area contributed by atoms with Gasteiger partial charge in [-0.25, -0.2) is 10.4 Å². The number of aromatic nitrogens is 1. The maximum atomic E-state index is 4.74. The lowest BCUT2D eigenvalue weighted by Gasteiger charge is -2.20. The highest BCUT2D eigenvalue weighted by Gasteiger charge is 2.25. The Hall–Kier alpha value is -3.24. The molecule has 2 aliphatic heterocycles. The third-order valence-corrected chi connectivity index (χ3v) is 4.60. The highest BCUT2D eigenvalue weighted by Crippen LogP contribution is 2.33. The van der Waals surface area contributed by atoms with Crippen molar-refractivity contribution in [3.8, 4) is 0 Å². The second kappa shape index (κ2) is 5.69. The minimum absolute atomic E-state index is 0.749. The molecule has 0 saturated carbocycles. The van der Waals surface area contributed by atoms with E-state index in [1.54, 1.807) is 0 Å². The smallest absolute Gasteiger partial charge is 0.152 e. The third kappa shape index (κ3) is 2.35. The Morgan fingerprint density at radius 2 is 1.76 bits per heavy atom. The predicted molar refractivity (Wildman–Crippen MR) is 101 cm³/mol. The summed E-state index contributed by atoms with van der Waals surface area (Å²) in [5, 5.41) is 3.18. The molecule has 5 rings (SSSR count). The van der Waals surface area contributed by atoms with E-state index in [1.165, 1.54) is 11.1 Å². The van der Waals surface area contributed by atoms with Crippen LogP contribution in [0.2, 0.25) is 0 Å². The number of fused-ring (bicyclic) bond motifs is 2. The molecule has 0 atom stereocenters. The van der Waals surface area contributed by atoms with Crippen LogP contribution >= 0.6 is 0 Å². The maximum Gasteiger partial charge on any atom is 0.152 e. The van der Waals surface area contributed by atoms with Gasteiger partial charge in [0.15, 0.2) is 5.82 Å². The van der Waals surface area contributed by atoms with Crippen LogP contribution in [0.3, 0.4) is 0 Å². The summed E-state index contributed by atoms with van der Waals surface area (Å²) in [7, 11) is 0. The molecule has 4 heteroatoms. The van der Waals surface area contributed by atoms with Crippen molar-refractivity contribution in [3.05, 3.63) is 90.0 Å². The zero-order chi connectivity index (χ0) is 16.6. The van der Waals surface area contributed by atoms with Gasteiger partial charge in [0.25, 0.3) is 0 Å². The van der Waals surface area contributed by atoms with Gasteiger partial charge in [-0.05, 0) is 23.3 Å². The normalized spacial score (nSPS) is 16.3. The molecular formula is C21H16N4. The van der Waals surface area contributed by atoms with E-state index in [4.69, 9.17) is 4.99 Å². The number of hydrogen-bond donors (Lipinski definition) is 1. The fourth-order valence-corrected chi connectivity index (χ4v) is 3.37. The van der Waals surface area contributed by atoms with E-state index in [-0.39, 0.29) is 0 Å². The number of para-hydroxylation sites is 1. The summed E-state index contributed by atoms with van der Waals surface area (Å²) in [5.74, 6) is 0.955. The molecule has 2 aliphatic rings. The lowest BCUT2D eigenvalue weighted by atomic mass is 10.0. The largest absolute Gasteiger partial charge is 0.266 e. The molecule has 0 fully saturated rings. The average Bonchev–Trinajstić information content (AvgIpc) is 3.11. The molecule has 4 nitrogen and oxygen atoms in total. The van der Waals surface area contributed by atoms with Crippen LogP contribution in [0.1, 0.15) is 11.1 Å². The number of nitrogens with one attached hydrogen (secondary N) is 1. The number of benzene rings is 2. The highest BCUT2D eigenvalue weighted by molar-refractivity contribution is 6.11. The standard InChI is InChI=1S/C21H16N4/c1-2-6-15(7-3-1)16-12-23-21-19(13-24-25(21)14-16)17-10-11-22-20-9-5-4-8-18(17)20/h1-12,14,24H,13H2. The average molecular weight is 324 g/mol. The van der Waals surface area contributed by atoms with Crippen LogP contribution in [0, 0.1) is 0 Å². The molecule has 0 amide bonds. The molecule has 120 valence electrons. The van der Waals surface area contributed by atoms with Crippen LogP contribution in [-0.2, 0) is 0 Å². The Labute approximate surface area is 145 Å². The first kappa shape index (κ1) is 14.1. The van der Waals surface area contributed by atoms with Crippen molar-refractivity contribution in [3.63, 3.8) is 0 Å². The lowest BCUT2D eigenvalue weighted by Crippen LogP contribution is -2.28. The van der Waals surface area contributed by atoms with E-state index >= 15 is 0 Å². The molecule has 0 spiro atoms. The van der Waals surface area contributed by atoms with Crippen molar-refractivity contribution >= 4 is 28.3 Å². The maximum absolute atomic E-state index is 4.74. The van der Waals surface area contributed by atoms with Gasteiger partial charge < -0.3 is 0 Å². The van der Waals surface area contributed by atoms with Gasteiger partial charge in [-0.1, -0.05) is 48.5 Å². The number of pyridine rings is 1. The number of nitrogens with zero attached hydrogens (tertiary/aromatic N) is 3. The van der Waals surface area contributed by atoms with Crippen LogP contribution in [0.4, 0.5) is 0 Å². The summed E-state index contributed by atoms with van der Waals surface area (Å²) >= 11 is 0. The van der Waals surface area contributed by atoms with Crippen molar-refractivity contribution in [1.29, 1.82) is 0 Å². The van der Waals surface area contributed by atoms with Gasteiger partial charge in [0, 0.05) is 41.7 Å². The molecule has 25 heavy (non-hydrogen) atoms. The predicted octanol–water partition coefficient (Wildman–Crippen LogP) is 3.85. The van der Waals surface area contributed by atoms with Gasteiger partial charge in [-0.2, -0.15) is 0 Å². The first-order valence-corrected chi connectivity index (χ1v) is 8.31. The molecule has 0 radical (unpaired) electrons. The quantitative estimate of drug-likeness (QED) is 0.778. The number of hydrazine groups is 1. The van der Waals surface area contributed by atoms with Crippen molar-refractivity contribution in [1.82, 2.24) is 15.4 Å². The summed E-state index contributed by atoms with van der Waals surface area (Å²) in [5.41, 5.74) is 9.06. The summed E-state index contributed by atoms with van der Waals surface area (Å²) < 4.78 is 0. The van der Waals surface area contributed by atoms with Crippen LogP contribution < -0.4 is 5.43 Å². The molecule has 3 heterocycles. The zero-order valence-electron chi connectivity index (χ0n) is 13.6. The van der Waals surface area contributed by atoms with Crippen LogP contribution in [0.5, 0.6) is 0 Å². The number of allylic oxidation sites excluding steroid dienone is 1. The molecule has 0 aliphatic carbocycles. The number of aliphatic imine (C=N–C) groups is 1. The Kier molecular flexibility index (Phi) is 3.21. The van der Waals surface area contributed by atoms with Gasteiger partial charge in [0.2, 0.25) is 0 Å². The minimum Gasteiger partial charge on any atom is -0.266 e.